The number of anilines is 1. The van der Waals surface area contributed by atoms with Gasteiger partial charge in [-0.05, 0) is 61.7 Å². The van der Waals surface area contributed by atoms with Crippen LogP contribution in [0.4, 0.5) is 10.6 Å². The Morgan fingerprint density at radius 2 is 2.16 bits per heavy atom. The molecule has 2 unspecified atom stereocenters. The van der Waals surface area contributed by atoms with Gasteiger partial charge in [-0.15, -0.1) is 0 Å². The largest absolute Gasteiger partial charge is 0.444 e. The Kier molecular flexibility index (Phi) is 4.53. The summed E-state index contributed by atoms with van der Waals surface area (Å²) in [6.07, 6.45) is 0.905. The summed E-state index contributed by atoms with van der Waals surface area (Å²) in [5, 5.41) is 2.78. The van der Waals surface area contributed by atoms with E-state index in [-0.39, 0.29) is 17.4 Å². The zero-order valence-electron chi connectivity index (χ0n) is 14.6. The second-order valence-electron chi connectivity index (χ2n) is 7.73. The molecule has 0 radical (unpaired) electrons. The summed E-state index contributed by atoms with van der Waals surface area (Å²) in [7, 11) is 0. The molecule has 2 amide bonds. The van der Waals surface area contributed by atoms with Crippen LogP contribution >= 0.6 is 15.9 Å². The van der Waals surface area contributed by atoms with Crippen molar-refractivity contribution in [3.8, 4) is 0 Å². The molecule has 7 nitrogen and oxygen atoms in total. The van der Waals surface area contributed by atoms with Gasteiger partial charge < -0.3 is 15.8 Å². The summed E-state index contributed by atoms with van der Waals surface area (Å²) in [5.41, 5.74) is 5.12. The van der Waals surface area contributed by atoms with Crippen molar-refractivity contribution in [2.45, 2.75) is 51.3 Å². The van der Waals surface area contributed by atoms with Crippen LogP contribution in [0.25, 0.3) is 0 Å². The molecule has 2 heterocycles. The normalized spacial score (nSPS) is 27.6. The molecular weight excluding hydrogens is 388 g/mol. The number of hydrogen-bond acceptors (Lipinski definition) is 5. The van der Waals surface area contributed by atoms with Gasteiger partial charge in [-0.3, -0.25) is 9.69 Å². The fraction of sp³-hybridized carbons (Fsp3) is 0.588. The van der Waals surface area contributed by atoms with Crippen molar-refractivity contribution >= 4 is 33.7 Å². The van der Waals surface area contributed by atoms with Crippen LogP contribution in [-0.2, 0) is 9.53 Å². The first-order chi connectivity index (χ1) is 11.6. The molecule has 2 aliphatic rings. The Morgan fingerprint density at radius 1 is 1.44 bits per heavy atom. The SMILES string of the molecule is CC(C)(C)OC(=O)N1C2CC2(CN)C[C@H]1C(=O)Nc1cccc(Br)n1. The first kappa shape index (κ1) is 18.1. The zero-order chi connectivity index (χ0) is 18.4. The number of fused-ring (bicyclic) bond motifs is 1. The number of ether oxygens (including phenoxy) is 1. The van der Waals surface area contributed by atoms with Crippen molar-refractivity contribution in [2.24, 2.45) is 11.1 Å². The van der Waals surface area contributed by atoms with Crippen molar-refractivity contribution in [1.29, 1.82) is 0 Å². The van der Waals surface area contributed by atoms with Crippen LogP contribution in [0.3, 0.4) is 0 Å². The van der Waals surface area contributed by atoms with E-state index < -0.39 is 17.7 Å². The van der Waals surface area contributed by atoms with Crippen LogP contribution in [0.2, 0.25) is 0 Å². The number of halogens is 1. The third-order valence-electron chi connectivity index (χ3n) is 4.70. The number of carbonyl (C=O) groups is 2. The predicted octanol–water partition coefficient (Wildman–Crippen LogP) is 2.51. The van der Waals surface area contributed by atoms with E-state index in [1.807, 2.05) is 20.8 Å². The lowest BCUT2D eigenvalue weighted by Crippen LogP contribution is -2.47. The van der Waals surface area contributed by atoms with Gasteiger partial charge in [0.25, 0.3) is 0 Å². The fourth-order valence-electron chi connectivity index (χ4n) is 3.42. The molecule has 1 aromatic rings. The summed E-state index contributed by atoms with van der Waals surface area (Å²) in [4.78, 5) is 31.2. The lowest BCUT2D eigenvalue weighted by atomic mass is 9.99. The van der Waals surface area contributed by atoms with Crippen molar-refractivity contribution in [3.05, 3.63) is 22.8 Å². The minimum atomic E-state index is -0.618. The maximum absolute atomic E-state index is 12.8. The predicted molar refractivity (Wildman–Crippen MR) is 96.9 cm³/mol. The quantitative estimate of drug-likeness (QED) is 0.745. The van der Waals surface area contributed by atoms with Gasteiger partial charge in [-0.2, -0.15) is 0 Å². The van der Waals surface area contributed by atoms with Gasteiger partial charge in [0.05, 0.1) is 0 Å². The summed E-state index contributed by atoms with van der Waals surface area (Å²) >= 11 is 3.28. The highest BCUT2D eigenvalue weighted by molar-refractivity contribution is 9.10. The van der Waals surface area contributed by atoms with Crippen molar-refractivity contribution in [3.63, 3.8) is 0 Å². The number of aromatic nitrogens is 1. The number of carbonyl (C=O) groups excluding carboxylic acids is 2. The molecule has 1 saturated carbocycles. The maximum atomic E-state index is 12.8. The molecule has 0 aromatic carbocycles. The second-order valence-corrected chi connectivity index (χ2v) is 8.54. The highest BCUT2D eigenvalue weighted by Crippen LogP contribution is 2.59. The highest BCUT2D eigenvalue weighted by atomic mass is 79.9. The number of nitrogens with zero attached hydrogens (tertiary/aromatic N) is 2. The first-order valence-corrected chi connectivity index (χ1v) is 9.09. The molecule has 1 aromatic heterocycles. The van der Waals surface area contributed by atoms with E-state index in [0.29, 0.717) is 23.4 Å². The third-order valence-corrected chi connectivity index (χ3v) is 5.14. The van der Waals surface area contributed by atoms with E-state index >= 15 is 0 Å². The van der Waals surface area contributed by atoms with Crippen LogP contribution in [0.15, 0.2) is 22.8 Å². The van der Waals surface area contributed by atoms with Gasteiger partial charge in [-0.1, -0.05) is 6.07 Å². The van der Waals surface area contributed by atoms with E-state index in [4.69, 9.17) is 10.5 Å². The maximum Gasteiger partial charge on any atom is 0.411 e. The number of nitrogens with one attached hydrogen (secondary N) is 1. The molecule has 0 spiro atoms. The van der Waals surface area contributed by atoms with Crippen molar-refractivity contribution < 1.29 is 14.3 Å². The van der Waals surface area contributed by atoms with E-state index in [0.717, 1.165) is 6.42 Å². The Morgan fingerprint density at radius 3 is 2.76 bits per heavy atom. The number of hydrogen-bond donors (Lipinski definition) is 2. The van der Waals surface area contributed by atoms with Gasteiger partial charge in [0, 0.05) is 18.0 Å². The molecular formula is C17H23BrN4O3. The Balaban J connectivity index is 1.78. The van der Waals surface area contributed by atoms with Crippen molar-refractivity contribution in [2.75, 3.05) is 11.9 Å². The Labute approximate surface area is 155 Å². The molecule has 3 atom stereocenters. The van der Waals surface area contributed by atoms with Gasteiger partial charge in [-0.25, -0.2) is 9.78 Å². The number of likely N-dealkylation sites (tertiary alicyclic amines) is 1. The molecule has 1 saturated heterocycles. The number of nitrogens with two attached hydrogens (primary N) is 1. The summed E-state index contributed by atoms with van der Waals surface area (Å²) < 4.78 is 6.13. The van der Waals surface area contributed by atoms with Gasteiger partial charge in [0.2, 0.25) is 5.91 Å². The molecule has 0 bridgehead atoms. The molecule has 3 rings (SSSR count). The van der Waals surface area contributed by atoms with Crippen LogP contribution in [-0.4, -0.2) is 46.1 Å². The van der Waals surface area contributed by atoms with E-state index in [1.165, 1.54) is 0 Å². The van der Waals surface area contributed by atoms with Crippen LogP contribution < -0.4 is 11.1 Å². The van der Waals surface area contributed by atoms with E-state index in [1.54, 1.807) is 23.1 Å². The molecule has 1 aliphatic carbocycles. The van der Waals surface area contributed by atoms with Crippen LogP contribution in [0.1, 0.15) is 33.6 Å². The summed E-state index contributed by atoms with van der Waals surface area (Å²) in [6.45, 7) is 5.88. The average Bonchev–Trinajstić information content (AvgIpc) is 3.10. The summed E-state index contributed by atoms with van der Waals surface area (Å²) in [5.74, 6) is 0.169. The van der Waals surface area contributed by atoms with Crippen LogP contribution in [0.5, 0.6) is 0 Å². The fourth-order valence-corrected chi connectivity index (χ4v) is 3.76. The minimum Gasteiger partial charge on any atom is -0.444 e. The Bertz CT molecular complexity index is 705. The van der Waals surface area contributed by atoms with Gasteiger partial charge >= 0.3 is 6.09 Å². The lowest BCUT2D eigenvalue weighted by Gasteiger charge is -2.29. The molecule has 8 heteroatoms. The molecule has 136 valence electrons. The zero-order valence-corrected chi connectivity index (χ0v) is 16.2. The van der Waals surface area contributed by atoms with Gasteiger partial charge in [0.1, 0.15) is 22.1 Å². The van der Waals surface area contributed by atoms with E-state index in [9.17, 15) is 9.59 Å². The minimum absolute atomic E-state index is 0.0291. The highest BCUT2D eigenvalue weighted by Gasteiger charge is 2.67. The molecule has 2 fully saturated rings. The smallest absolute Gasteiger partial charge is 0.411 e. The second kappa shape index (κ2) is 6.25. The van der Waals surface area contributed by atoms with Crippen LogP contribution in [0, 0.1) is 5.41 Å². The number of pyridine rings is 1. The summed E-state index contributed by atoms with van der Waals surface area (Å²) in [6, 6.07) is 4.63. The average molecular weight is 411 g/mol. The number of piperidine rings is 1. The topological polar surface area (TPSA) is 97.5 Å². The lowest BCUT2D eigenvalue weighted by molar-refractivity contribution is -0.121. The molecule has 3 N–H and O–H groups in total. The molecule has 1 aliphatic heterocycles. The first-order valence-electron chi connectivity index (χ1n) is 8.30. The third kappa shape index (κ3) is 3.64. The van der Waals surface area contributed by atoms with Gasteiger partial charge in [0.15, 0.2) is 0 Å². The van der Waals surface area contributed by atoms with Crippen molar-refractivity contribution in [1.82, 2.24) is 9.88 Å². The standard InChI is InChI=1S/C17H23BrN4O3/c1-16(2,3)25-15(24)22-10(7-17(9-19)8-11(17)22)14(23)21-13-6-4-5-12(18)20-13/h4-6,10-11H,7-9,19H2,1-3H3,(H,20,21,23)/t10-,11?,17?/m0/s1. The Hall–Kier alpha value is -1.67. The number of amides is 2. The molecule has 25 heavy (non-hydrogen) atoms. The number of rotatable bonds is 3. The van der Waals surface area contributed by atoms with E-state index in [2.05, 4.69) is 26.2 Å². The monoisotopic (exact) mass is 410 g/mol.